The van der Waals surface area contributed by atoms with Crippen LogP contribution in [0.4, 0.5) is 10.1 Å². The van der Waals surface area contributed by atoms with Crippen molar-refractivity contribution in [2.45, 2.75) is 25.7 Å². The van der Waals surface area contributed by atoms with Crippen molar-refractivity contribution in [3.63, 3.8) is 0 Å². The van der Waals surface area contributed by atoms with Crippen molar-refractivity contribution in [1.29, 1.82) is 0 Å². The van der Waals surface area contributed by atoms with Gasteiger partial charge in [-0.05, 0) is 54.7 Å². The zero-order chi connectivity index (χ0) is 18.4. The van der Waals surface area contributed by atoms with E-state index in [2.05, 4.69) is 34.7 Å². The van der Waals surface area contributed by atoms with Crippen LogP contribution in [0.25, 0.3) is 22.3 Å². The third kappa shape index (κ3) is 2.78. The fourth-order valence-corrected chi connectivity index (χ4v) is 4.11. The topological polar surface area (TPSA) is 49.6 Å². The number of rotatable bonds is 2. The fraction of sp³-hybridized carbons (Fsp3) is 0.318. The predicted octanol–water partition coefficient (Wildman–Crippen LogP) is 4.90. The molecule has 4 nitrogen and oxygen atoms in total. The minimum absolute atomic E-state index is 0.252. The van der Waals surface area contributed by atoms with E-state index in [9.17, 15) is 4.39 Å². The lowest BCUT2D eigenvalue weighted by atomic mass is 9.93. The van der Waals surface area contributed by atoms with Gasteiger partial charge in [-0.25, -0.2) is 4.39 Å². The van der Waals surface area contributed by atoms with Gasteiger partial charge in [-0.3, -0.25) is 4.99 Å². The molecule has 0 saturated carbocycles. The summed E-state index contributed by atoms with van der Waals surface area (Å²) in [6, 6.07) is 10.8. The van der Waals surface area contributed by atoms with E-state index >= 15 is 0 Å². The first kappa shape index (κ1) is 16.4. The highest BCUT2D eigenvalue weighted by atomic mass is 19.1. The van der Waals surface area contributed by atoms with Gasteiger partial charge in [0.2, 0.25) is 0 Å². The van der Waals surface area contributed by atoms with E-state index < -0.39 is 0 Å². The number of anilines is 1. The molecule has 1 atom stereocenters. The lowest BCUT2D eigenvalue weighted by Crippen LogP contribution is -2.19. The average Bonchev–Trinajstić information content (AvgIpc) is 3.27. The van der Waals surface area contributed by atoms with Gasteiger partial charge in [-0.2, -0.15) is 0 Å². The van der Waals surface area contributed by atoms with Gasteiger partial charge in [0.05, 0.1) is 12.1 Å². The predicted molar refractivity (Wildman–Crippen MR) is 107 cm³/mol. The molecule has 0 radical (unpaired) electrons. The molecule has 0 spiro atoms. The minimum atomic E-state index is -0.252. The maximum absolute atomic E-state index is 13.4. The summed E-state index contributed by atoms with van der Waals surface area (Å²) in [6.45, 7) is 4.85. The highest BCUT2D eigenvalue weighted by Crippen LogP contribution is 2.40. The Kier molecular flexibility index (Phi) is 3.88. The normalized spacial score (nSPS) is 19.2. The zero-order valence-corrected chi connectivity index (χ0v) is 15.3. The molecular weight excluding hydrogens is 341 g/mol. The molecule has 0 saturated heterocycles. The number of hydrogen-bond acceptors (Lipinski definition) is 4. The molecule has 1 unspecified atom stereocenters. The third-order valence-corrected chi connectivity index (χ3v) is 5.54. The van der Waals surface area contributed by atoms with E-state index in [0.29, 0.717) is 5.92 Å². The van der Waals surface area contributed by atoms with E-state index in [1.165, 1.54) is 30.5 Å². The molecule has 1 aromatic heterocycles. The molecule has 0 amide bonds. The third-order valence-electron chi connectivity index (χ3n) is 5.54. The van der Waals surface area contributed by atoms with Crippen molar-refractivity contribution >= 4 is 22.5 Å². The number of benzene rings is 2. The Labute approximate surface area is 157 Å². The summed E-state index contributed by atoms with van der Waals surface area (Å²) < 4.78 is 19.7. The standard InChI is InChI=1S/C22H22FN3O/c1-13-3-2-8-24-18-12-19-17(11-16(13)18)20(22-25-9-10-26-22)21(27-19)14-4-6-15(23)7-5-14/h4-7,11-13,24H,2-3,8-10H2,1H3,(H,25,26). The minimum Gasteiger partial charge on any atom is -0.455 e. The van der Waals surface area contributed by atoms with Crippen LogP contribution in [0.15, 0.2) is 45.8 Å². The Morgan fingerprint density at radius 2 is 1.96 bits per heavy atom. The van der Waals surface area contributed by atoms with Crippen LogP contribution >= 0.6 is 0 Å². The molecule has 2 N–H and O–H groups in total. The monoisotopic (exact) mass is 363 g/mol. The highest BCUT2D eigenvalue weighted by molar-refractivity contribution is 6.14. The summed E-state index contributed by atoms with van der Waals surface area (Å²) in [4.78, 5) is 4.64. The first-order valence-electron chi connectivity index (χ1n) is 9.59. The number of furan rings is 1. The van der Waals surface area contributed by atoms with Gasteiger partial charge in [0.25, 0.3) is 0 Å². The fourth-order valence-electron chi connectivity index (χ4n) is 4.11. The Morgan fingerprint density at radius 1 is 1.11 bits per heavy atom. The van der Waals surface area contributed by atoms with Crippen molar-refractivity contribution in [3.05, 3.63) is 53.3 Å². The largest absolute Gasteiger partial charge is 0.455 e. The van der Waals surface area contributed by atoms with E-state index in [0.717, 1.165) is 59.0 Å². The maximum Gasteiger partial charge on any atom is 0.146 e. The van der Waals surface area contributed by atoms with Crippen LogP contribution in [0.1, 0.15) is 36.8 Å². The van der Waals surface area contributed by atoms with Crippen LogP contribution in [-0.2, 0) is 0 Å². The van der Waals surface area contributed by atoms with Crippen LogP contribution < -0.4 is 10.6 Å². The second-order valence-electron chi connectivity index (χ2n) is 7.38. The number of halogens is 1. The molecule has 3 aromatic rings. The molecular formula is C22H22FN3O. The van der Waals surface area contributed by atoms with Crippen molar-refractivity contribution < 1.29 is 8.81 Å². The number of fused-ring (bicyclic) bond motifs is 2. The van der Waals surface area contributed by atoms with Gasteiger partial charge in [-0.1, -0.05) is 6.92 Å². The SMILES string of the molecule is CC1CCCNc2cc3oc(-c4ccc(F)cc4)c(C4=NCCN4)c3cc21. The molecule has 2 aromatic carbocycles. The van der Waals surface area contributed by atoms with Gasteiger partial charge in [-0.15, -0.1) is 0 Å². The van der Waals surface area contributed by atoms with Gasteiger partial charge < -0.3 is 15.1 Å². The van der Waals surface area contributed by atoms with Crippen molar-refractivity contribution in [1.82, 2.24) is 5.32 Å². The maximum atomic E-state index is 13.4. The highest BCUT2D eigenvalue weighted by Gasteiger charge is 2.25. The quantitative estimate of drug-likeness (QED) is 0.681. The van der Waals surface area contributed by atoms with E-state index in [-0.39, 0.29) is 5.82 Å². The number of aliphatic imine (C=N–C) groups is 1. The number of hydrogen-bond donors (Lipinski definition) is 2. The number of nitrogens with zero attached hydrogens (tertiary/aromatic N) is 1. The smallest absolute Gasteiger partial charge is 0.146 e. The Morgan fingerprint density at radius 3 is 2.74 bits per heavy atom. The Hall–Kier alpha value is -2.82. The van der Waals surface area contributed by atoms with Crippen LogP contribution in [0.2, 0.25) is 0 Å². The first-order valence-corrected chi connectivity index (χ1v) is 9.59. The van der Waals surface area contributed by atoms with Crippen LogP contribution in [0.3, 0.4) is 0 Å². The molecule has 27 heavy (non-hydrogen) atoms. The Balaban J connectivity index is 1.77. The molecule has 5 heteroatoms. The van der Waals surface area contributed by atoms with E-state index in [4.69, 9.17) is 4.42 Å². The Bertz CT molecular complexity index is 1040. The summed E-state index contributed by atoms with van der Waals surface area (Å²) in [5.41, 5.74) is 5.15. The van der Waals surface area contributed by atoms with Gasteiger partial charge in [0.15, 0.2) is 0 Å². The van der Waals surface area contributed by atoms with Crippen molar-refractivity contribution in [2.75, 3.05) is 25.0 Å². The molecule has 3 heterocycles. The summed E-state index contributed by atoms with van der Waals surface area (Å²) in [5, 5.41) is 7.98. The lowest BCUT2D eigenvalue weighted by Gasteiger charge is -2.13. The summed E-state index contributed by atoms with van der Waals surface area (Å²) in [5.74, 6) is 1.85. The van der Waals surface area contributed by atoms with Crippen LogP contribution in [-0.4, -0.2) is 25.5 Å². The van der Waals surface area contributed by atoms with Gasteiger partial charge in [0.1, 0.15) is 23.0 Å². The average molecular weight is 363 g/mol. The second kappa shape index (κ2) is 6.41. The molecule has 138 valence electrons. The molecule has 2 aliphatic rings. The molecule has 0 aliphatic carbocycles. The molecule has 0 bridgehead atoms. The second-order valence-corrected chi connectivity index (χ2v) is 7.38. The summed E-state index contributed by atoms with van der Waals surface area (Å²) >= 11 is 0. The first-order chi connectivity index (χ1) is 13.2. The van der Waals surface area contributed by atoms with Crippen LogP contribution in [0.5, 0.6) is 0 Å². The van der Waals surface area contributed by atoms with Crippen molar-refractivity contribution in [3.8, 4) is 11.3 Å². The van der Waals surface area contributed by atoms with E-state index in [1.54, 1.807) is 12.1 Å². The molecule has 2 aliphatic heterocycles. The van der Waals surface area contributed by atoms with Gasteiger partial charge >= 0.3 is 0 Å². The van der Waals surface area contributed by atoms with Crippen molar-refractivity contribution in [2.24, 2.45) is 4.99 Å². The van der Waals surface area contributed by atoms with Gasteiger partial charge in [0, 0.05) is 35.8 Å². The number of amidine groups is 1. The summed E-state index contributed by atoms with van der Waals surface area (Å²) in [6.07, 6.45) is 2.34. The van der Waals surface area contributed by atoms with E-state index in [1.807, 2.05) is 0 Å². The summed E-state index contributed by atoms with van der Waals surface area (Å²) in [7, 11) is 0. The molecule has 0 fully saturated rings. The lowest BCUT2D eigenvalue weighted by molar-refractivity contribution is 0.623. The zero-order valence-electron chi connectivity index (χ0n) is 15.3. The number of nitrogens with one attached hydrogen (secondary N) is 2. The molecule has 5 rings (SSSR count). The van der Waals surface area contributed by atoms with Crippen LogP contribution in [0, 0.1) is 5.82 Å².